The van der Waals surface area contributed by atoms with Crippen molar-refractivity contribution in [1.82, 2.24) is 30.3 Å². The normalized spacial score (nSPS) is 16.9. The number of halogens is 3. The summed E-state index contributed by atoms with van der Waals surface area (Å²) in [6.07, 6.45) is -0.278. The first-order valence-corrected chi connectivity index (χ1v) is 11.2. The number of carbonyl (C=O) groups is 1. The molecule has 0 radical (unpaired) electrons. The van der Waals surface area contributed by atoms with Crippen LogP contribution in [0, 0.1) is 0 Å². The van der Waals surface area contributed by atoms with Crippen molar-refractivity contribution < 1.29 is 22.7 Å². The zero-order valence-electron chi connectivity index (χ0n) is 18.1. The van der Waals surface area contributed by atoms with Crippen molar-refractivity contribution in [2.24, 2.45) is 0 Å². The van der Waals surface area contributed by atoms with E-state index in [4.69, 9.17) is 9.72 Å². The highest BCUT2D eigenvalue weighted by Crippen LogP contribution is 2.42. The molecule has 176 valence electrons. The van der Waals surface area contributed by atoms with Crippen LogP contribution in [0.2, 0.25) is 0 Å². The number of hydrogen-bond acceptors (Lipinski definition) is 5. The highest BCUT2D eigenvalue weighted by Gasteiger charge is 2.38. The van der Waals surface area contributed by atoms with Crippen molar-refractivity contribution in [3.63, 3.8) is 0 Å². The summed E-state index contributed by atoms with van der Waals surface area (Å²) < 4.78 is 46.2. The minimum Gasteiger partial charge on any atom is -0.378 e. The van der Waals surface area contributed by atoms with Gasteiger partial charge < -0.3 is 9.64 Å². The molecule has 6 rings (SSSR count). The van der Waals surface area contributed by atoms with Crippen molar-refractivity contribution in [1.29, 1.82) is 0 Å². The van der Waals surface area contributed by atoms with Crippen LogP contribution in [0.15, 0.2) is 18.3 Å². The second kappa shape index (κ2) is 7.79. The lowest BCUT2D eigenvalue weighted by atomic mass is 9.85. The van der Waals surface area contributed by atoms with Crippen LogP contribution < -0.4 is 0 Å². The molecule has 2 aliphatic rings. The molecule has 1 aromatic carbocycles. The lowest BCUT2D eigenvalue weighted by Crippen LogP contribution is -2.40. The van der Waals surface area contributed by atoms with E-state index in [1.54, 1.807) is 17.0 Å². The summed E-state index contributed by atoms with van der Waals surface area (Å²) in [4.78, 5) is 19.7. The second-order valence-corrected chi connectivity index (χ2v) is 8.63. The molecule has 34 heavy (non-hydrogen) atoms. The van der Waals surface area contributed by atoms with Gasteiger partial charge in [0.25, 0.3) is 5.91 Å². The van der Waals surface area contributed by atoms with Crippen LogP contribution in [0.4, 0.5) is 13.2 Å². The molecule has 0 saturated carbocycles. The number of nitrogens with one attached hydrogen (secondary N) is 2. The van der Waals surface area contributed by atoms with Gasteiger partial charge in [-0.15, -0.1) is 0 Å². The standard InChI is InChI=1S/C23H21F3N6O2/c24-23(25,26)21-14(11-27-31-21)19-13-4-2-1-3-12(13)17-15(28-19)5-6-16-18(17)20(30-29-16)22(33)32-7-9-34-10-8-32/h5-6,11H,1-4,7-10H2,(H,27,31)(H,29,30). The average molecular weight is 470 g/mol. The smallest absolute Gasteiger partial charge is 0.378 e. The summed E-state index contributed by atoms with van der Waals surface area (Å²) in [5.74, 6) is -0.190. The number of ether oxygens (including phenoxy) is 1. The van der Waals surface area contributed by atoms with E-state index in [1.165, 1.54) is 6.20 Å². The van der Waals surface area contributed by atoms with Gasteiger partial charge >= 0.3 is 6.18 Å². The Hall–Kier alpha value is -3.47. The van der Waals surface area contributed by atoms with Crippen molar-refractivity contribution >= 4 is 27.7 Å². The number of carbonyl (C=O) groups excluding carboxylic acids is 1. The molecule has 0 atom stereocenters. The molecular weight excluding hydrogens is 449 g/mol. The SMILES string of the molecule is O=C(c1n[nH]c2ccc3nc(-c4c[nH]nc4C(F)(F)F)c4c(c3c12)CCCC4)N1CCOCC1. The Bertz CT molecular complexity index is 1420. The Kier molecular flexibility index (Phi) is 4.83. The fraction of sp³-hybridized carbons (Fsp3) is 0.391. The number of aromatic amines is 2. The topological polar surface area (TPSA) is 99.8 Å². The van der Waals surface area contributed by atoms with E-state index in [-0.39, 0.29) is 11.5 Å². The van der Waals surface area contributed by atoms with E-state index in [0.29, 0.717) is 67.0 Å². The molecule has 1 aliphatic carbocycles. The Morgan fingerprint density at radius 3 is 2.56 bits per heavy atom. The van der Waals surface area contributed by atoms with Crippen molar-refractivity contribution in [3.8, 4) is 11.3 Å². The van der Waals surface area contributed by atoms with Crippen molar-refractivity contribution in [2.75, 3.05) is 26.3 Å². The number of benzene rings is 1. The summed E-state index contributed by atoms with van der Waals surface area (Å²) >= 11 is 0. The van der Waals surface area contributed by atoms with E-state index in [9.17, 15) is 18.0 Å². The molecule has 8 nitrogen and oxygen atoms in total. The number of H-pyrrole nitrogens is 2. The Morgan fingerprint density at radius 2 is 1.79 bits per heavy atom. The fourth-order valence-electron chi connectivity index (χ4n) is 5.11. The number of alkyl halides is 3. The van der Waals surface area contributed by atoms with Gasteiger partial charge in [0.15, 0.2) is 11.4 Å². The number of pyridine rings is 1. The monoisotopic (exact) mass is 470 g/mol. The van der Waals surface area contributed by atoms with E-state index < -0.39 is 11.9 Å². The molecule has 4 aromatic rings. The van der Waals surface area contributed by atoms with Crippen LogP contribution in [-0.4, -0.2) is 62.5 Å². The maximum Gasteiger partial charge on any atom is 0.435 e. The van der Waals surface area contributed by atoms with Crippen LogP contribution >= 0.6 is 0 Å². The molecule has 0 bridgehead atoms. The van der Waals surface area contributed by atoms with Gasteiger partial charge in [0.2, 0.25) is 0 Å². The summed E-state index contributed by atoms with van der Waals surface area (Å²) in [5.41, 5.74) is 2.54. The molecule has 3 aromatic heterocycles. The zero-order chi connectivity index (χ0) is 23.4. The van der Waals surface area contributed by atoms with Crippen LogP contribution in [-0.2, 0) is 23.8 Å². The minimum absolute atomic E-state index is 0.0514. The first-order chi connectivity index (χ1) is 16.4. The Balaban J connectivity index is 1.61. The lowest BCUT2D eigenvalue weighted by molar-refractivity contribution is -0.140. The predicted molar refractivity (Wildman–Crippen MR) is 117 cm³/mol. The third-order valence-corrected chi connectivity index (χ3v) is 6.66. The fourth-order valence-corrected chi connectivity index (χ4v) is 5.11. The van der Waals surface area contributed by atoms with Crippen LogP contribution in [0.5, 0.6) is 0 Å². The number of hydrogen-bond donors (Lipinski definition) is 2. The van der Waals surface area contributed by atoms with Crippen LogP contribution in [0.3, 0.4) is 0 Å². The number of fused-ring (bicyclic) bond motifs is 5. The number of aromatic nitrogens is 5. The van der Waals surface area contributed by atoms with Crippen LogP contribution in [0.25, 0.3) is 33.1 Å². The number of amides is 1. The largest absolute Gasteiger partial charge is 0.435 e. The van der Waals surface area contributed by atoms with Crippen molar-refractivity contribution in [2.45, 2.75) is 31.9 Å². The van der Waals surface area contributed by atoms with Gasteiger partial charge in [0.1, 0.15) is 0 Å². The van der Waals surface area contributed by atoms with E-state index in [0.717, 1.165) is 29.4 Å². The van der Waals surface area contributed by atoms with E-state index >= 15 is 0 Å². The zero-order valence-corrected chi connectivity index (χ0v) is 18.1. The molecule has 1 amide bonds. The summed E-state index contributed by atoms with van der Waals surface area (Å²) in [6.45, 7) is 1.92. The Labute approximate surface area is 191 Å². The quantitative estimate of drug-likeness (QED) is 0.463. The van der Waals surface area contributed by atoms with Crippen LogP contribution in [0.1, 0.15) is 40.2 Å². The van der Waals surface area contributed by atoms with Gasteiger partial charge in [-0.3, -0.25) is 15.0 Å². The van der Waals surface area contributed by atoms with Gasteiger partial charge in [-0.1, -0.05) is 0 Å². The predicted octanol–water partition coefficient (Wildman–Crippen LogP) is 3.87. The number of morpholine rings is 1. The highest BCUT2D eigenvalue weighted by atomic mass is 19.4. The second-order valence-electron chi connectivity index (χ2n) is 8.63. The van der Waals surface area contributed by atoms with Gasteiger partial charge in [0.05, 0.1) is 35.5 Å². The molecule has 1 saturated heterocycles. The molecule has 0 unspecified atom stereocenters. The lowest BCUT2D eigenvalue weighted by Gasteiger charge is -2.26. The number of aryl methyl sites for hydroxylation is 1. The minimum atomic E-state index is -4.60. The maximum absolute atomic E-state index is 13.6. The van der Waals surface area contributed by atoms with Gasteiger partial charge in [0, 0.05) is 30.1 Å². The van der Waals surface area contributed by atoms with Gasteiger partial charge in [-0.2, -0.15) is 23.4 Å². The molecule has 11 heteroatoms. The summed E-state index contributed by atoms with van der Waals surface area (Å²) in [7, 11) is 0. The molecule has 1 aliphatic heterocycles. The maximum atomic E-state index is 13.6. The average Bonchev–Trinajstić information content (AvgIpc) is 3.51. The van der Waals surface area contributed by atoms with Gasteiger partial charge in [-0.05, 0) is 48.9 Å². The number of rotatable bonds is 2. The van der Waals surface area contributed by atoms with Gasteiger partial charge in [-0.25, -0.2) is 4.98 Å². The molecule has 0 spiro atoms. The first-order valence-electron chi connectivity index (χ1n) is 11.2. The molecular formula is C23H21F3N6O2. The van der Waals surface area contributed by atoms with E-state index in [2.05, 4.69) is 20.4 Å². The van der Waals surface area contributed by atoms with E-state index in [1.807, 2.05) is 0 Å². The molecule has 2 N–H and O–H groups in total. The first kappa shape index (κ1) is 21.1. The number of nitrogens with zero attached hydrogens (tertiary/aromatic N) is 4. The highest BCUT2D eigenvalue weighted by molar-refractivity contribution is 6.17. The molecule has 1 fully saturated rings. The summed E-state index contributed by atoms with van der Waals surface area (Å²) in [6, 6.07) is 3.54. The third kappa shape index (κ3) is 3.25. The summed E-state index contributed by atoms with van der Waals surface area (Å²) in [5, 5.41) is 14.6. The molecule has 4 heterocycles. The van der Waals surface area contributed by atoms with Crippen molar-refractivity contribution in [3.05, 3.63) is 40.8 Å². The third-order valence-electron chi connectivity index (χ3n) is 6.66. The Morgan fingerprint density at radius 1 is 1.03 bits per heavy atom.